The number of nitrogen functional groups attached to an aromatic ring is 1. The normalized spacial score (nSPS) is 12.7. The van der Waals surface area contributed by atoms with Gasteiger partial charge in [0.1, 0.15) is 5.01 Å². The fraction of sp³-hybridized carbons (Fsp3) is 0.400. The molecule has 0 amide bonds. The molecule has 2 heterocycles. The van der Waals surface area contributed by atoms with E-state index in [0.29, 0.717) is 11.5 Å². The molecule has 0 aliphatic heterocycles. The van der Waals surface area contributed by atoms with E-state index >= 15 is 0 Å². The monoisotopic (exact) mass is 237 g/mol. The van der Waals surface area contributed by atoms with Crippen molar-refractivity contribution in [2.45, 2.75) is 19.9 Å². The molecule has 5 nitrogen and oxygen atoms in total. The number of anilines is 2. The molecule has 16 heavy (non-hydrogen) atoms. The smallest absolute Gasteiger partial charge is 0.171 e. The van der Waals surface area contributed by atoms with Gasteiger partial charge in [0.15, 0.2) is 5.82 Å². The summed E-state index contributed by atoms with van der Waals surface area (Å²) in [7, 11) is 1.85. The SMILES string of the molecule is Cc1csc(C(C)Nc2nn(C)cc2N)n1. The second-order valence-corrected chi connectivity index (χ2v) is 4.69. The van der Waals surface area contributed by atoms with E-state index in [4.69, 9.17) is 5.73 Å². The summed E-state index contributed by atoms with van der Waals surface area (Å²) in [5.74, 6) is 0.711. The molecule has 1 atom stereocenters. The van der Waals surface area contributed by atoms with Crippen molar-refractivity contribution in [1.82, 2.24) is 14.8 Å². The Morgan fingerprint density at radius 2 is 2.31 bits per heavy atom. The highest BCUT2D eigenvalue weighted by atomic mass is 32.1. The molecular formula is C10H15N5S. The summed E-state index contributed by atoms with van der Waals surface area (Å²) in [5, 5.41) is 10.6. The summed E-state index contributed by atoms with van der Waals surface area (Å²) in [4.78, 5) is 4.42. The largest absolute Gasteiger partial charge is 0.394 e. The van der Waals surface area contributed by atoms with E-state index in [1.165, 1.54) is 0 Å². The molecular weight excluding hydrogens is 222 g/mol. The zero-order valence-corrected chi connectivity index (χ0v) is 10.4. The lowest BCUT2D eigenvalue weighted by Crippen LogP contribution is -2.08. The van der Waals surface area contributed by atoms with Crippen LogP contribution in [-0.2, 0) is 7.05 Å². The first kappa shape index (κ1) is 10.9. The number of nitrogens with zero attached hydrogens (tertiary/aromatic N) is 3. The van der Waals surface area contributed by atoms with Gasteiger partial charge in [-0.1, -0.05) is 0 Å². The third-order valence-corrected chi connectivity index (χ3v) is 3.36. The average Bonchev–Trinajstić information content (AvgIpc) is 2.74. The quantitative estimate of drug-likeness (QED) is 0.856. The van der Waals surface area contributed by atoms with Gasteiger partial charge in [-0.05, 0) is 13.8 Å². The minimum Gasteiger partial charge on any atom is -0.394 e. The molecule has 2 rings (SSSR count). The van der Waals surface area contributed by atoms with Gasteiger partial charge in [-0.2, -0.15) is 5.10 Å². The van der Waals surface area contributed by atoms with Crippen molar-refractivity contribution in [2.75, 3.05) is 11.1 Å². The lowest BCUT2D eigenvalue weighted by atomic mass is 10.3. The van der Waals surface area contributed by atoms with Crippen LogP contribution in [0, 0.1) is 6.92 Å². The van der Waals surface area contributed by atoms with Gasteiger partial charge in [-0.3, -0.25) is 4.68 Å². The highest BCUT2D eigenvalue weighted by molar-refractivity contribution is 7.09. The summed E-state index contributed by atoms with van der Waals surface area (Å²) < 4.78 is 1.69. The lowest BCUT2D eigenvalue weighted by molar-refractivity contribution is 0.759. The van der Waals surface area contributed by atoms with Gasteiger partial charge < -0.3 is 11.1 Å². The van der Waals surface area contributed by atoms with Crippen LogP contribution in [0.15, 0.2) is 11.6 Å². The first-order chi connectivity index (χ1) is 7.56. The Morgan fingerprint density at radius 3 is 2.81 bits per heavy atom. The molecule has 2 aromatic heterocycles. The highest BCUT2D eigenvalue weighted by Gasteiger charge is 2.12. The second-order valence-electron chi connectivity index (χ2n) is 3.80. The number of hydrogen-bond donors (Lipinski definition) is 2. The molecule has 3 N–H and O–H groups in total. The first-order valence-electron chi connectivity index (χ1n) is 5.04. The zero-order valence-electron chi connectivity index (χ0n) is 9.56. The summed E-state index contributed by atoms with van der Waals surface area (Å²) in [6.07, 6.45) is 1.78. The number of nitrogens with two attached hydrogens (primary N) is 1. The minimum absolute atomic E-state index is 0.121. The number of aryl methyl sites for hydroxylation is 2. The number of thiazole rings is 1. The molecule has 0 saturated carbocycles. The van der Waals surface area contributed by atoms with Crippen molar-refractivity contribution in [3.05, 3.63) is 22.3 Å². The van der Waals surface area contributed by atoms with Crippen LogP contribution in [-0.4, -0.2) is 14.8 Å². The van der Waals surface area contributed by atoms with E-state index < -0.39 is 0 Å². The van der Waals surface area contributed by atoms with E-state index in [1.54, 1.807) is 22.2 Å². The Labute approximate surface area is 98.3 Å². The summed E-state index contributed by atoms with van der Waals surface area (Å²) in [6, 6.07) is 0.121. The molecule has 0 fully saturated rings. The fourth-order valence-electron chi connectivity index (χ4n) is 1.46. The van der Waals surface area contributed by atoms with E-state index in [-0.39, 0.29) is 6.04 Å². The number of nitrogens with one attached hydrogen (secondary N) is 1. The van der Waals surface area contributed by atoms with Crippen LogP contribution in [0.3, 0.4) is 0 Å². The average molecular weight is 237 g/mol. The van der Waals surface area contributed by atoms with Crippen molar-refractivity contribution < 1.29 is 0 Å². The van der Waals surface area contributed by atoms with Crippen molar-refractivity contribution in [3.8, 4) is 0 Å². The minimum atomic E-state index is 0.121. The molecule has 0 aromatic carbocycles. The van der Waals surface area contributed by atoms with Crippen LogP contribution in [0.4, 0.5) is 11.5 Å². The van der Waals surface area contributed by atoms with Gasteiger partial charge >= 0.3 is 0 Å². The number of hydrogen-bond acceptors (Lipinski definition) is 5. The number of rotatable bonds is 3. The maximum atomic E-state index is 5.81. The summed E-state index contributed by atoms with van der Waals surface area (Å²) in [6.45, 7) is 4.04. The number of aromatic nitrogens is 3. The molecule has 1 unspecified atom stereocenters. The van der Waals surface area contributed by atoms with Crippen molar-refractivity contribution in [2.24, 2.45) is 7.05 Å². The maximum absolute atomic E-state index is 5.81. The van der Waals surface area contributed by atoms with Gasteiger partial charge in [0, 0.05) is 24.3 Å². The molecule has 2 aromatic rings. The van der Waals surface area contributed by atoms with E-state index in [0.717, 1.165) is 10.7 Å². The van der Waals surface area contributed by atoms with E-state index in [1.807, 2.05) is 26.3 Å². The molecule has 0 saturated heterocycles. The van der Waals surface area contributed by atoms with Gasteiger partial charge in [0.2, 0.25) is 0 Å². The molecule has 0 aliphatic carbocycles. The third-order valence-electron chi connectivity index (χ3n) is 2.22. The van der Waals surface area contributed by atoms with Crippen molar-refractivity contribution in [3.63, 3.8) is 0 Å². The van der Waals surface area contributed by atoms with E-state index in [2.05, 4.69) is 15.4 Å². The van der Waals surface area contributed by atoms with Crippen LogP contribution >= 0.6 is 11.3 Å². The Kier molecular flexibility index (Phi) is 2.82. The van der Waals surface area contributed by atoms with Crippen LogP contribution in [0.1, 0.15) is 23.7 Å². The van der Waals surface area contributed by atoms with Crippen molar-refractivity contribution >= 4 is 22.8 Å². The Bertz CT molecular complexity index is 487. The van der Waals surface area contributed by atoms with Gasteiger partial charge in [0.05, 0.1) is 11.7 Å². The third kappa shape index (κ3) is 2.16. The first-order valence-corrected chi connectivity index (χ1v) is 5.92. The van der Waals surface area contributed by atoms with Gasteiger partial charge in [-0.15, -0.1) is 11.3 Å². The van der Waals surface area contributed by atoms with Crippen molar-refractivity contribution in [1.29, 1.82) is 0 Å². The predicted molar refractivity (Wildman–Crippen MR) is 66.5 cm³/mol. The summed E-state index contributed by atoms with van der Waals surface area (Å²) >= 11 is 1.64. The topological polar surface area (TPSA) is 68.8 Å². The Balaban J connectivity index is 2.13. The molecule has 0 radical (unpaired) electrons. The van der Waals surface area contributed by atoms with Crippen LogP contribution in [0.5, 0.6) is 0 Å². The molecule has 0 spiro atoms. The van der Waals surface area contributed by atoms with E-state index in [9.17, 15) is 0 Å². The van der Waals surface area contributed by atoms with Crippen LogP contribution < -0.4 is 11.1 Å². The lowest BCUT2D eigenvalue weighted by Gasteiger charge is -2.10. The predicted octanol–water partition coefficient (Wildman–Crippen LogP) is 1.94. The van der Waals surface area contributed by atoms with Gasteiger partial charge in [0.25, 0.3) is 0 Å². The van der Waals surface area contributed by atoms with Gasteiger partial charge in [-0.25, -0.2) is 4.98 Å². The molecule has 0 aliphatic rings. The standard InChI is InChI=1S/C10H15N5S/c1-6-5-16-10(12-6)7(2)13-9-8(11)4-15(3)14-9/h4-5,7H,11H2,1-3H3,(H,13,14). The molecule has 86 valence electrons. The Hall–Kier alpha value is -1.56. The fourth-order valence-corrected chi connectivity index (χ4v) is 2.26. The molecule has 0 bridgehead atoms. The second kappa shape index (κ2) is 4.13. The Morgan fingerprint density at radius 1 is 1.56 bits per heavy atom. The summed E-state index contributed by atoms with van der Waals surface area (Å²) in [5.41, 5.74) is 7.51. The highest BCUT2D eigenvalue weighted by Crippen LogP contribution is 2.24. The van der Waals surface area contributed by atoms with Crippen LogP contribution in [0.25, 0.3) is 0 Å². The maximum Gasteiger partial charge on any atom is 0.171 e. The van der Waals surface area contributed by atoms with Crippen LogP contribution in [0.2, 0.25) is 0 Å². The zero-order chi connectivity index (χ0) is 11.7. The molecule has 6 heteroatoms.